The van der Waals surface area contributed by atoms with Crippen molar-refractivity contribution in [2.75, 3.05) is 97.1 Å². The van der Waals surface area contributed by atoms with Gasteiger partial charge in [-0.15, -0.1) is 0 Å². The SMILES string of the molecule is C[C@@H](NC(=O)c1ccc(NNC(=O)CCCNCCC[C@H](C(=O)O)N2CCN(CC(=O)O)CCN(CC(=O)O)CCN(CC(=O)O)CC2)nc1)C(=O)N1CCC[C@H]1B(O)O. The van der Waals surface area contributed by atoms with Gasteiger partial charge in [0.15, 0.2) is 0 Å². The molecule has 10 N–H and O–H groups in total. The van der Waals surface area contributed by atoms with E-state index in [-0.39, 0.29) is 102 Å². The third-order valence-electron chi connectivity index (χ3n) is 10.3. The number of carbonyl (C=O) groups is 7. The molecular weight excluding hydrogens is 791 g/mol. The van der Waals surface area contributed by atoms with Crippen LogP contribution in [0, 0.1) is 0 Å². The molecule has 0 aromatic carbocycles. The smallest absolute Gasteiger partial charge is 0.475 e. The molecule has 60 heavy (non-hydrogen) atoms. The number of pyridine rings is 1. The summed E-state index contributed by atoms with van der Waals surface area (Å²) >= 11 is 0. The van der Waals surface area contributed by atoms with Gasteiger partial charge in [0, 0.05) is 71.5 Å². The van der Waals surface area contributed by atoms with Crippen LogP contribution in [0.15, 0.2) is 18.3 Å². The van der Waals surface area contributed by atoms with Crippen LogP contribution in [0.4, 0.5) is 5.82 Å². The topological polar surface area (TPSA) is 318 Å². The van der Waals surface area contributed by atoms with Crippen molar-refractivity contribution in [2.45, 2.75) is 63.5 Å². The van der Waals surface area contributed by atoms with Gasteiger partial charge in [0.05, 0.1) is 31.1 Å². The van der Waals surface area contributed by atoms with E-state index in [1.807, 2.05) is 0 Å². The van der Waals surface area contributed by atoms with Crippen molar-refractivity contribution in [1.29, 1.82) is 0 Å². The maximum Gasteiger partial charge on any atom is 0.475 e. The predicted molar refractivity (Wildman–Crippen MR) is 214 cm³/mol. The molecule has 3 atom stereocenters. The summed E-state index contributed by atoms with van der Waals surface area (Å²) in [5.74, 6) is -6.05. The van der Waals surface area contributed by atoms with E-state index < -0.39 is 60.8 Å². The van der Waals surface area contributed by atoms with E-state index in [2.05, 4.69) is 26.5 Å². The molecule has 0 aliphatic carbocycles. The van der Waals surface area contributed by atoms with Crippen molar-refractivity contribution in [2.24, 2.45) is 0 Å². The standard InChI is InChI=1S/C36H59BN10O13/c1-25(35(56)47-12-4-6-28(47)37(59)60)40-34(55)26-8-9-29(39-21-26)41-42-30(48)7-3-11-38-10-2-5-27(36(57)58)46-19-17-44(23-32(51)52)15-13-43(22-31(49)50)14-16-45(18-20-46)24-33(53)54/h8-9,21,25,27-28,38,59-60H,2-7,10-20,22-24H2,1H3,(H,39,41)(H,40,55)(H,42,48)(H,49,50)(H,51,52)(H,53,54)(H,57,58)/t25-,27-,28+/m1/s1. The number of nitrogens with zero attached hydrogens (tertiary/aromatic N) is 6. The number of hydrazine groups is 1. The summed E-state index contributed by atoms with van der Waals surface area (Å²) in [7, 11) is -1.66. The summed E-state index contributed by atoms with van der Waals surface area (Å²) in [6.07, 6.45) is 3.68. The molecular formula is C36H59BN10O13. The number of carbonyl (C=O) groups excluding carboxylic acids is 3. The molecule has 24 heteroatoms. The molecule has 2 saturated heterocycles. The Morgan fingerprint density at radius 2 is 1.33 bits per heavy atom. The maximum absolute atomic E-state index is 12.8. The van der Waals surface area contributed by atoms with Gasteiger partial charge < -0.3 is 46.0 Å². The number of carboxylic acid groups (broad SMARTS) is 4. The molecule has 0 bridgehead atoms. The van der Waals surface area contributed by atoms with Crippen LogP contribution in [0.3, 0.4) is 0 Å². The number of amides is 3. The van der Waals surface area contributed by atoms with Crippen molar-refractivity contribution in [3.8, 4) is 0 Å². The fourth-order valence-electron chi connectivity index (χ4n) is 7.06. The molecule has 3 rings (SSSR count). The van der Waals surface area contributed by atoms with Crippen molar-refractivity contribution in [3.05, 3.63) is 23.9 Å². The first-order chi connectivity index (χ1) is 28.5. The lowest BCUT2D eigenvalue weighted by Crippen LogP contribution is -2.52. The molecule has 1 aromatic heterocycles. The number of hydrogen-bond acceptors (Lipinski definition) is 16. The lowest BCUT2D eigenvalue weighted by molar-refractivity contribution is -0.145. The Balaban J connectivity index is 1.41. The number of aliphatic carboxylic acids is 4. The van der Waals surface area contributed by atoms with Crippen LogP contribution < -0.4 is 21.5 Å². The van der Waals surface area contributed by atoms with E-state index in [4.69, 9.17) is 0 Å². The molecule has 3 heterocycles. The average molecular weight is 851 g/mol. The molecule has 23 nitrogen and oxygen atoms in total. The third-order valence-corrected chi connectivity index (χ3v) is 10.3. The summed E-state index contributed by atoms with van der Waals surface area (Å²) in [6.45, 7) is 3.55. The molecule has 0 unspecified atom stereocenters. The van der Waals surface area contributed by atoms with Gasteiger partial charge in [-0.1, -0.05) is 0 Å². The Hall–Kier alpha value is -4.98. The number of hydrogen-bond donors (Lipinski definition) is 10. The second-order valence-electron chi connectivity index (χ2n) is 14.9. The molecule has 2 aliphatic rings. The summed E-state index contributed by atoms with van der Waals surface area (Å²) < 4.78 is 0. The Morgan fingerprint density at radius 3 is 1.83 bits per heavy atom. The van der Waals surface area contributed by atoms with Crippen molar-refractivity contribution >= 4 is 54.5 Å². The van der Waals surface area contributed by atoms with Crippen LogP contribution in [-0.2, 0) is 28.8 Å². The Morgan fingerprint density at radius 1 is 0.783 bits per heavy atom. The van der Waals surface area contributed by atoms with E-state index in [1.165, 1.54) is 30.2 Å². The number of nitrogens with one attached hydrogen (secondary N) is 4. The second kappa shape index (κ2) is 25.6. The fraction of sp³-hybridized carbons (Fsp3) is 0.667. The molecule has 1 aromatic rings. The molecule has 2 aliphatic heterocycles. The van der Waals surface area contributed by atoms with E-state index in [0.29, 0.717) is 45.3 Å². The molecule has 0 spiro atoms. The molecule has 3 amide bonds. The number of rotatable bonds is 22. The van der Waals surface area contributed by atoms with Crippen LogP contribution in [0.2, 0.25) is 0 Å². The van der Waals surface area contributed by atoms with Gasteiger partial charge in [0.2, 0.25) is 11.8 Å². The zero-order chi connectivity index (χ0) is 44.2. The minimum absolute atomic E-state index is 0.150. The van der Waals surface area contributed by atoms with E-state index in [9.17, 15) is 64.0 Å². The number of aromatic nitrogens is 1. The van der Waals surface area contributed by atoms with Gasteiger partial charge in [0.25, 0.3) is 5.91 Å². The molecule has 0 radical (unpaired) electrons. The van der Waals surface area contributed by atoms with E-state index in [0.717, 1.165) is 0 Å². The minimum atomic E-state index is -1.66. The first-order valence-electron chi connectivity index (χ1n) is 20.0. The van der Waals surface area contributed by atoms with Crippen LogP contribution in [-0.4, -0.2) is 218 Å². The van der Waals surface area contributed by atoms with Crippen LogP contribution in [0.25, 0.3) is 0 Å². The Bertz CT molecular complexity index is 1560. The molecule has 334 valence electrons. The summed E-state index contributed by atoms with van der Waals surface area (Å²) in [6, 6.07) is 1.09. The highest BCUT2D eigenvalue weighted by Gasteiger charge is 2.38. The van der Waals surface area contributed by atoms with Gasteiger partial charge in [-0.05, 0) is 64.3 Å². The van der Waals surface area contributed by atoms with Gasteiger partial charge in [-0.2, -0.15) is 0 Å². The first kappa shape index (κ1) is 49.4. The quantitative estimate of drug-likeness (QED) is 0.0311. The second-order valence-corrected chi connectivity index (χ2v) is 14.9. The first-order valence-corrected chi connectivity index (χ1v) is 20.0. The van der Waals surface area contributed by atoms with Crippen molar-refractivity contribution < 1.29 is 64.0 Å². The van der Waals surface area contributed by atoms with Crippen molar-refractivity contribution in [3.63, 3.8) is 0 Å². The number of anilines is 1. The lowest BCUT2D eigenvalue weighted by atomic mass is 9.78. The highest BCUT2D eigenvalue weighted by atomic mass is 16.4. The van der Waals surface area contributed by atoms with Gasteiger partial charge in [-0.25, -0.2) is 4.98 Å². The normalized spacial score (nSPS) is 18.6. The third kappa shape index (κ3) is 17.7. The minimum Gasteiger partial charge on any atom is -0.480 e. The largest absolute Gasteiger partial charge is 0.480 e. The predicted octanol–water partition coefficient (Wildman–Crippen LogP) is -3.28. The zero-order valence-corrected chi connectivity index (χ0v) is 33.9. The fourth-order valence-corrected chi connectivity index (χ4v) is 7.06. The van der Waals surface area contributed by atoms with Crippen LogP contribution in [0.1, 0.15) is 55.8 Å². The van der Waals surface area contributed by atoms with Crippen LogP contribution >= 0.6 is 0 Å². The maximum atomic E-state index is 12.8. The summed E-state index contributed by atoms with van der Waals surface area (Å²) in [5.41, 5.74) is 5.37. The number of carboxylic acids is 4. The summed E-state index contributed by atoms with van der Waals surface area (Å²) in [5, 5.41) is 63.3. The van der Waals surface area contributed by atoms with Crippen molar-refractivity contribution in [1.82, 2.24) is 45.5 Å². The van der Waals surface area contributed by atoms with Crippen LogP contribution in [0.5, 0.6) is 0 Å². The highest BCUT2D eigenvalue weighted by molar-refractivity contribution is 6.43. The van der Waals surface area contributed by atoms with Gasteiger partial charge in [-0.3, -0.25) is 64.0 Å². The monoisotopic (exact) mass is 850 g/mol. The summed E-state index contributed by atoms with van der Waals surface area (Å²) in [4.78, 5) is 97.0. The Kier molecular flexibility index (Phi) is 21.1. The zero-order valence-electron chi connectivity index (χ0n) is 33.9. The molecule has 2 fully saturated rings. The van der Waals surface area contributed by atoms with Gasteiger partial charge >= 0.3 is 31.0 Å². The van der Waals surface area contributed by atoms with E-state index in [1.54, 1.807) is 19.6 Å². The van der Waals surface area contributed by atoms with Gasteiger partial charge in [0.1, 0.15) is 17.9 Å². The average Bonchev–Trinajstić information content (AvgIpc) is 3.68. The number of likely N-dealkylation sites (tertiary alicyclic amines) is 1. The van der Waals surface area contributed by atoms with E-state index >= 15 is 0 Å². The lowest BCUT2D eigenvalue weighted by Gasteiger charge is -2.35. The Labute approximate surface area is 348 Å². The highest BCUT2D eigenvalue weighted by Crippen LogP contribution is 2.19. The molecule has 0 saturated carbocycles.